The Morgan fingerprint density at radius 1 is 1.00 bits per heavy atom. The van der Waals surface area contributed by atoms with Gasteiger partial charge in [-0.05, 0) is 29.8 Å². The highest BCUT2D eigenvalue weighted by Crippen LogP contribution is 2.32. The second kappa shape index (κ2) is 9.72. The molecule has 1 saturated heterocycles. The fourth-order valence-corrected chi connectivity index (χ4v) is 4.18. The molecular weight excluding hydrogens is 423 g/mol. The van der Waals surface area contributed by atoms with Crippen LogP contribution < -0.4 is 14.4 Å². The lowest BCUT2D eigenvalue weighted by molar-refractivity contribution is 0.122. The molecular formula is C25H27FN4O3. The normalized spacial score (nSPS) is 16.4. The van der Waals surface area contributed by atoms with E-state index < -0.39 is 0 Å². The molecule has 0 aliphatic carbocycles. The number of hydrogen-bond donors (Lipinski definition) is 0. The average molecular weight is 451 g/mol. The number of ether oxygens (including phenoxy) is 3. The van der Waals surface area contributed by atoms with Crippen LogP contribution >= 0.6 is 0 Å². The monoisotopic (exact) mass is 450 g/mol. The number of nitrogens with zero attached hydrogens (tertiary/aromatic N) is 4. The summed E-state index contributed by atoms with van der Waals surface area (Å²) in [5.74, 6) is 2.07. The molecule has 5 rings (SSSR count). The molecule has 3 heterocycles. The molecule has 0 atom stereocenters. The molecule has 2 aromatic carbocycles. The van der Waals surface area contributed by atoms with E-state index >= 15 is 0 Å². The quantitative estimate of drug-likeness (QED) is 0.566. The zero-order valence-corrected chi connectivity index (χ0v) is 18.7. The Morgan fingerprint density at radius 2 is 1.82 bits per heavy atom. The van der Waals surface area contributed by atoms with Gasteiger partial charge in [-0.25, -0.2) is 9.37 Å². The Labute approximate surface area is 192 Å². The summed E-state index contributed by atoms with van der Waals surface area (Å²) in [6.07, 6.45) is 0.796. The van der Waals surface area contributed by atoms with Crippen molar-refractivity contribution in [3.8, 4) is 17.4 Å². The largest absolute Gasteiger partial charge is 0.497 e. The van der Waals surface area contributed by atoms with E-state index in [1.165, 1.54) is 17.7 Å². The number of morpholine rings is 1. The number of anilines is 1. The van der Waals surface area contributed by atoms with Gasteiger partial charge < -0.3 is 19.1 Å². The number of rotatable bonds is 6. The minimum Gasteiger partial charge on any atom is -0.497 e. The van der Waals surface area contributed by atoms with Crippen LogP contribution in [0.5, 0.6) is 17.4 Å². The van der Waals surface area contributed by atoms with Crippen LogP contribution in [0.15, 0.2) is 48.5 Å². The molecule has 0 bridgehead atoms. The molecule has 0 saturated carbocycles. The molecule has 0 amide bonds. The lowest BCUT2D eigenvalue weighted by Crippen LogP contribution is -2.38. The third kappa shape index (κ3) is 5.07. The maximum absolute atomic E-state index is 13.8. The molecule has 2 aliphatic heterocycles. The zero-order chi connectivity index (χ0) is 22.6. The van der Waals surface area contributed by atoms with Crippen molar-refractivity contribution in [2.45, 2.75) is 19.5 Å². The van der Waals surface area contributed by atoms with E-state index in [0.29, 0.717) is 37.3 Å². The predicted molar refractivity (Wildman–Crippen MR) is 122 cm³/mol. The van der Waals surface area contributed by atoms with Crippen LogP contribution in [0.25, 0.3) is 0 Å². The molecule has 8 heteroatoms. The Morgan fingerprint density at radius 3 is 2.58 bits per heavy atom. The van der Waals surface area contributed by atoms with Crippen molar-refractivity contribution in [2.24, 2.45) is 0 Å². The van der Waals surface area contributed by atoms with Gasteiger partial charge in [-0.3, -0.25) is 4.90 Å². The van der Waals surface area contributed by atoms with Gasteiger partial charge in [-0.1, -0.05) is 18.2 Å². The third-order valence-electron chi connectivity index (χ3n) is 5.96. The molecule has 172 valence electrons. The molecule has 33 heavy (non-hydrogen) atoms. The van der Waals surface area contributed by atoms with Crippen LogP contribution in [0.1, 0.15) is 16.8 Å². The van der Waals surface area contributed by atoms with Crippen molar-refractivity contribution in [3.63, 3.8) is 0 Å². The van der Waals surface area contributed by atoms with E-state index in [-0.39, 0.29) is 5.82 Å². The number of halogens is 1. The molecule has 3 aromatic rings. The van der Waals surface area contributed by atoms with E-state index in [1.807, 2.05) is 12.1 Å². The number of benzene rings is 2. The summed E-state index contributed by atoms with van der Waals surface area (Å²) in [7, 11) is 1.67. The van der Waals surface area contributed by atoms with Crippen molar-refractivity contribution in [3.05, 3.63) is 71.2 Å². The van der Waals surface area contributed by atoms with Crippen molar-refractivity contribution in [1.29, 1.82) is 0 Å². The lowest BCUT2D eigenvalue weighted by atomic mass is 10.1. The second-order valence-corrected chi connectivity index (χ2v) is 8.22. The van der Waals surface area contributed by atoms with Crippen LogP contribution in [-0.4, -0.2) is 54.8 Å². The fourth-order valence-electron chi connectivity index (χ4n) is 4.18. The summed E-state index contributed by atoms with van der Waals surface area (Å²) in [5, 5.41) is 0. The highest BCUT2D eigenvalue weighted by Gasteiger charge is 2.26. The first-order valence-electron chi connectivity index (χ1n) is 11.2. The van der Waals surface area contributed by atoms with Gasteiger partial charge in [0.1, 0.15) is 17.3 Å². The Bertz CT molecular complexity index is 1100. The summed E-state index contributed by atoms with van der Waals surface area (Å²) in [6.45, 7) is 5.12. The first kappa shape index (κ1) is 21.6. The number of hydrogen-bond acceptors (Lipinski definition) is 7. The lowest BCUT2D eigenvalue weighted by Gasteiger charge is -2.32. The molecule has 7 nitrogen and oxygen atoms in total. The summed E-state index contributed by atoms with van der Waals surface area (Å²) >= 11 is 0. The topological polar surface area (TPSA) is 60.0 Å². The van der Waals surface area contributed by atoms with E-state index in [9.17, 15) is 4.39 Å². The number of fused-ring (bicyclic) bond motifs is 1. The van der Waals surface area contributed by atoms with Crippen molar-refractivity contribution < 1.29 is 18.6 Å². The van der Waals surface area contributed by atoms with Gasteiger partial charge in [0.15, 0.2) is 0 Å². The van der Waals surface area contributed by atoms with Crippen molar-refractivity contribution in [1.82, 2.24) is 14.9 Å². The molecule has 0 N–H and O–H groups in total. The summed E-state index contributed by atoms with van der Waals surface area (Å²) in [4.78, 5) is 14.1. The third-order valence-corrected chi connectivity index (χ3v) is 5.96. The van der Waals surface area contributed by atoms with Gasteiger partial charge >= 0.3 is 0 Å². The summed E-state index contributed by atoms with van der Waals surface area (Å²) in [6, 6.07) is 14.3. The van der Waals surface area contributed by atoms with Crippen LogP contribution in [0.2, 0.25) is 0 Å². The van der Waals surface area contributed by atoms with Gasteiger partial charge in [0.2, 0.25) is 11.8 Å². The first-order chi connectivity index (χ1) is 16.2. The van der Waals surface area contributed by atoms with Crippen LogP contribution in [-0.2, 0) is 24.2 Å². The molecule has 0 spiro atoms. The van der Waals surface area contributed by atoms with Gasteiger partial charge in [-0.2, -0.15) is 4.98 Å². The van der Waals surface area contributed by atoms with Crippen LogP contribution in [0.3, 0.4) is 0 Å². The van der Waals surface area contributed by atoms with E-state index in [4.69, 9.17) is 24.2 Å². The maximum Gasteiger partial charge on any atom is 0.229 e. The summed E-state index contributed by atoms with van der Waals surface area (Å²) in [5.41, 5.74) is 3.15. The summed E-state index contributed by atoms with van der Waals surface area (Å²) < 4.78 is 30.6. The molecule has 1 aromatic heterocycles. The van der Waals surface area contributed by atoms with E-state index in [1.54, 1.807) is 19.2 Å². The second-order valence-electron chi connectivity index (χ2n) is 8.22. The smallest absolute Gasteiger partial charge is 0.229 e. The SMILES string of the molecule is COc1ccc(CN2CCc3nc(N4CCOCC4)nc(Oc4cccc(F)c4)c3C2)cc1. The molecule has 0 unspecified atom stereocenters. The minimum atomic E-state index is -0.343. The highest BCUT2D eigenvalue weighted by atomic mass is 19.1. The van der Waals surface area contributed by atoms with Crippen molar-refractivity contribution >= 4 is 5.95 Å². The van der Waals surface area contributed by atoms with Crippen LogP contribution in [0, 0.1) is 5.82 Å². The van der Waals surface area contributed by atoms with Gasteiger partial charge in [-0.15, -0.1) is 0 Å². The Balaban J connectivity index is 1.43. The standard InChI is InChI=1S/C25H27FN4O3/c1-31-20-7-5-18(6-8-20)16-29-10-9-23-22(17-29)24(33-21-4-2-3-19(26)15-21)28-25(27-23)30-11-13-32-14-12-30/h2-8,15H,9-14,16-17H2,1H3. The first-order valence-corrected chi connectivity index (χ1v) is 11.2. The molecule has 0 radical (unpaired) electrons. The Kier molecular flexibility index (Phi) is 6.37. The van der Waals surface area contributed by atoms with Crippen LogP contribution in [0.4, 0.5) is 10.3 Å². The van der Waals surface area contributed by atoms with E-state index in [2.05, 4.69) is 21.9 Å². The molecule has 1 fully saturated rings. The number of methoxy groups -OCH3 is 1. The van der Waals surface area contributed by atoms with Gasteiger partial charge in [0.25, 0.3) is 0 Å². The Hall–Kier alpha value is -3.23. The van der Waals surface area contributed by atoms with Crippen molar-refractivity contribution in [2.75, 3.05) is 44.9 Å². The highest BCUT2D eigenvalue weighted by molar-refractivity contribution is 5.44. The minimum absolute atomic E-state index is 0.343. The number of aromatic nitrogens is 2. The average Bonchev–Trinajstić information content (AvgIpc) is 2.85. The fraction of sp³-hybridized carbons (Fsp3) is 0.360. The zero-order valence-electron chi connectivity index (χ0n) is 18.7. The predicted octanol–water partition coefficient (Wildman–Crippen LogP) is 3.81. The molecule has 2 aliphatic rings. The van der Waals surface area contributed by atoms with Gasteiger partial charge in [0, 0.05) is 45.2 Å². The van der Waals surface area contributed by atoms with E-state index in [0.717, 1.165) is 49.6 Å². The maximum atomic E-state index is 13.8. The van der Waals surface area contributed by atoms with Gasteiger partial charge in [0.05, 0.1) is 31.6 Å².